The summed E-state index contributed by atoms with van der Waals surface area (Å²) in [5, 5.41) is 7.74. The van der Waals surface area contributed by atoms with Crippen LogP contribution in [0.25, 0.3) is 20.8 Å². The number of nitrogens with one attached hydrogen (secondary N) is 2. The summed E-state index contributed by atoms with van der Waals surface area (Å²) >= 11 is 1.57. The molecule has 2 bridgehead atoms. The molecule has 6 rings (SSSR count). The smallest absolute Gasteiger partial charge is 0.253 e. The Morgan fingerprint density at radius 1 is 1.15 bits per heavy atom. The Morgan fingerprint density at radius 3 is 2.82 bits per heavy atom. The SMILES string of the molecule is CN(C)C(=O)c1cccc(-c2nc3cc(Nc4cccc(N5C[C@@H]6C[C@H]5CN6)n4)ncc3s2)c1. The zero-order valence-corrected chi connectivity index (χ0v) is 19.8. The number of pyridine rings is 2. The first-order valence-electron chi connectivity index (χ1n) is 11.4. The van der Waals surface area contributed by atoms with Crippen LogP contribution in [0.4, 0.5) is 17.5 Å². The van der Waals surface area contributed by atoms with Gasteiger partial charge in [0.05, 0.1) is 10.2 Å². The van der Waals surface area contributed by atoms with Crippen molar-refractivity contribution in [3.63, 3.8) is 0 Å². The van der Waals surface area contributed by atoms with Crippen LogP contribution in [-0.4, -0.2) is 65.0 Å². The number of aromatic nitrogens is 3. The van der Waals surface area contributed by atoms with E-state index < -0.39 is 0 Å². The lowest BCUT2D eigenvalue weighted by molar-refractivity contribution is 0.0827. The number of rotatable bonds is 5. The van der Waals surface area contributed by atoms with Crippen LogP contribution >= 0.6 is 11.3 Å². The molecule has 2 atom stereocenters. The summed E-state index contributed by atoms with van der Waals surface area (Å²) in [6, 6.07) is 16.7. The monoisotopic (exact) mass is 471 g/mol. The Labute approximate surface area is 201 Å². The van der Waals surface area contributed by atoms with E-state index in [-0.39, 0.29) is 5.91 Å². The minimum atomic E-state index is -0.0242. The standard InChI is InChI=1S/C25H25N7OS/c1-31(2)25(33)16-6-3-5-15(9-16)24-28-19-11-22(27-13-20(19)34-24)29-21-7-4-8-23(30-21)32-14-17-10-18(32)12-26-17/h3-9,11,13,17-18,26H,10,12,14H2,1-2H3,(H,27,29,30)/t17-,18-/m0/s1. The van der Waals surface area contributed by atoms with Gasteiger partial charge in [0.15, 0.2) is 0 Å². The molecule has 2 fully saturated rings. The fourth-order valence-corrected chi connectivity index (χ4v) is 5.61. The summed E-state index contributed by atoms with van der Waals surface area (Å²) in [6.45, 7) is 2.04. The second-order valence-corrected chi connectivity index (χ2v) is 10.0. The molecule has 4 aromatic rings. The van der Waals surface area contributed by atoms with Gasteiger partial charge < -0.3 is 20.4 Å². The first-order valence-corrected chi connectivity index (χ1v) is 12.2. The molecule has 0 saturated carbocycles. The average Bonchev–Trinajstić information content (AvgIpc) is 3.59. The van der Waals surface area contributed by atoms with Crippen molar-refractivity contribution in [3.05, 3.63) is 60.3 Å². The molecule has 9 heteroatoms. The fraction of sp³-hybridized carbons (Fsp3) is 0.280. The highest BCUT2D eigenvalue weighted by Gasteiger charge is 2.38. The highest BCUT2D eigenvalue weighted by atomic mass is 32.1. The van der Waals surface area contributed by atoms with Crippen LogP contribution in [0.1, 0.15) is 16.8 Å². The van der Waals surface area contributed by atoms with Gasteiger partial charge in [-0.05, 0) is 30.7 Å². The number of benzene rings is 1. The molecule has 2 saturated heterocycles. The van der Waals surface area contributed by atoms with E-state index in [1.54, 1.807) is 30.3 Å². The number of hydrogen-bond acceptors (Lipinski definition) is 8. The lowest BCUT2D eigenvalue weighted by atomic mass is 10.1. The van der Waals surface area contributed by atoms with Crippen LogP contribution in [0.15, 0.2) is 54.7 Å². The van der Waals surface area contributed by atoms with Crippen molar-refractivity contribution in [1.29, 1.82) is 0 Å². The van der Waals surface area contributed by atoms with Crippen LogP contribution in [0.5, 0.6) is 0 Å². The number of thiazole rings is 1. The topological polar surface area (TPSA) is 86.3 Å². The third-order valence-electron chi connectivity index (χ3n) is 6.38. The second-order valence-electron chi connectivity index (χ2n) is 8.99. The number of nitrogens with zero attached hydrogens (tertiary/aromatic N) is 5. The van der Waals surface area contributed by atoms with E-state index in [9.17, 15) is 4.79 Å². The van der Waals surface area contributed by atoms with E-state index in [0.29, 0.717) is 23.5 Å². The van der Waals surface area contributed by atoms with Gasteiger partial charge >= 0.3 is 0 Å². The number of carbonyl (C=O) groups is 1. The second kappa shape index (κ2) is 8.34. The van der Waals surface area contributed by atoms with Gasteiger partial charge in [0.2, 0.25) is 0 Å². The normalized spacial score (nSPS) is 19.1. The van der Waals surface area contributed by atoms with Gasteiger partial charge in [-0.1, -0.05) is 18.2 Å². The molecule has 34 heavy (non-hydrogen) atoms. The lowest BCUT2D eigenvalue weighted by Crippen LogP contribution is -2.44. The zero-order chi connectivity index (χ0) is 23.2. The summed E-state index contributed by atoms with van der Waals surface area (Å²) < 4.78 is 0.993. The Hall–Kier alpha value is -3.56. The predicted octanol–water partition coefficient (Wildman–Crippen LogP) is 3.75. The number of carbonyl (C=O) groups excluding carboxylic acids is 1. The summed E-state index contributed by atoms with van der Waals surface area (Å²) in [7, 11) is 3.51. The van der Waals surface area contributed by atoms with Gasteiger partial charge in [0.25, 0.3) is 5.91 Å². The quantitative estimate of drug-likeness (QED) is 0.458. The van der Waals surface area contributed by atoms with Crippen LogP contribution in [-0.2, 0) is 0 Å². The maximum atomic E-state index is 12.3. The van der Waals surface area contributed by atoms with E-state index >= 15 is 0 Å². The highest BCUT2D eigenvalue weighted by Crippen LogP contribution is 2.32. The molecule has 8 nitrogen and oxygen atoms in total. The van der Waals surface area contributed by atoms with Gasteiger partial charge in [-0.15, -0.1) is 11.3 Å². The number of hydrogen-bond donors (Lipinski definition) is 2. The van der Waals surface area contributed by atoms with Crippen LogP contribution in [0.3, 0.4) is 0 Å². The molecule has 172 valence electrons. The zero-order valence-electron chi connectivity index (χ0n) is 19.0. The van der Waals surface area contributed by atoms with Crippen molar-refractivity contribution in [2.24, 2.45) is 0 Å². The molecule has 5 heterocycles. The van der Waals surface area contributed by atoms with Crippen LogP contribution in [0.2, 0.25) is 0 Å². The van der Waals surface area contributed by atoms with Gasteiger partial charge in [-0.3, -0.25) is 4.79 Å². The Bertz CT molecular complexity index is 1380. The number of piperazine rings is 1. The first kappa shape index (κ1) is 21.0. The summed E-state index contributed by atoms with van der Waals surface area (Å²) in [5.41, 5.74) is 2.43. The number of anilines is 3. The lowest BCUT2D eigenvalue weighted by Gasteiger charge is -2.28. The Kier molecular flexibility index (Phi) is 5.15. The van der Waals surface area contributed by atoms with Crippen molar-refractivity contribution in [3.8, 4) is 10.6 Å². The highest BCUT2D eigenvalue weighted by molar-refractivity contribution is 7.21. The van der Waals surface area contributed by atoms with Crippen LogP contribution in [0, 0.1) is 0 Å². The molecule has 2 aliphatic rings. The molecule has 0 radical (unpaired) electrons. The molecular formula is C25H25N7OS. The first-order chi connectivity index (χ1) is 16.5. The van der Waals surface area contributed by atoms with Gasteiger partial charge in [0, 0.05) is 62.7 Å². The number of fused-ring (bicyclic) bond motifs is 3. The van der Waals surface area contributed by atoms with Crippen LogP contribution < -0.4 is 15.5 Å². The largest absolute Gasteiger partial charge is 0.351 e. The molecule has 0 unspecified atom stereocenters. The van der Waals surface area contributed by atoms with Gasteiger partial charge in [-0.25, -0.2) is 15.0 Å². The molecule has 2 aliphatic heterocycles. The average molecular weight is 472 g/mol. The third-order valence-corrected chi connectivity index (χ3v) is 7.43. The van der Waals surface area contributed by atoms with Gasteiger partial charge in [0.1, 0.15) is 22.5 Å². The van der Waals surface area contributed by atoms with E-state index in [1.807, 2.05) is 48.7 Å². The Balaban J connectivity index is 1.24. The maximum absolute atomic E-state index is 12.3. The van der Waals surface area contributed by atoms with Crippen molar-refractivity contribution >= 4 is 44.9 Å². The molecule has 3 aromatic heterocycles. The molecule has 0 spiro atoms. The van der Waals surface area contributed by atoms with Crippen molar-refractivity contribution in [2.45, 2.75) is 18.5 Å². The minimum absolute atomic E-state index is 0.0242. The van der Waals surface area contributed by atoms with Crippen molar-refractivity contribution < 1.29 is 4.79 Å². The molecular weight excluding hydrogens is 446 g/mol. The predicted molar refractivity (Wildman–Crippen MR) is 136 cm³/mol. The van der Waals surface area contributed by atoms with Crippen molar-refractivity contribution in [1.82, 2.24) is 25.2 Å². The summed E-state index contributed by atoms with van der Waals surface area (Å²) in [4.78, 5) is 30.5. The molecule has 0 aliphatic carbocycles. The Morgan fingerprint density at radius 2 is 2.03 bits per heavy atom. The summed E-state index contributed by atoms with van der Waals surface area (Å²) in [5.74, 6) is 2.45. The molecule has 1 amide bonds. The molecule has 2 N–H and O–H groups in total. The third kappa shape index (κ3) is 3.86. The number of amides is 1. The van der Waals surface area contributed by atoms with Gasteiger partial charge in [-0.2, -0.15) is 0 Å². The summed E-state index contributed by atoms with van der Waals surface area (Å²) in [6.07, 6.45) is 3.03. The van der Waals surface area contributed by atoms with E-state index in [0.717, 1.165) is 45.5 Å². The molecule has 1 aromatic carbocycles. The van der Waals surface area contributed by atoms with E-state index in [2.05, 4.69) is 26.6 Å². The van der Waals surface area contributed by atoms with E-state index in [1.165, 1.54) is 6.42 Å². The fourth-order valence-electron chi connectivity index (χ4n) is 4.70. The maximum Gasteiger partial charge on any atom is 0.253 e. The van der Waals surface area contributed by atoms with Crippen molar-refractivity contribution in [2.75, 3.05) is 37.4 Å². The minimum Gasteiger partial charge on any atom is -0.351 e. The van der Waals surface area contributed by atoms with E-state index in [4.69, 9.17) is 9.97 Å².